The van der Waals surface area contributed by atoms with E-state index in [1.165, 1.54) is 17.1 Å². The Morgan fingerprint density at radius 3 is 2.75 bits per heavy atom. The number of nitrogens with zero attached hydrogens (tertiary/aromatic N) is 1. The molecule has 0 saturated heterocycles. The largest absolute Gasteiger partial charge is 0.382 e. The summed E-state index contributed by atoms with van der Waals surface area (Å²) in [4.78, 5) is 11.3. The molecule has 5 nitrogen and oxygen atoms in total. The van der Waals surface area contributed by atoms with Crippen LogP contribution >= 0.6 is 11.5 Å². The summed E-state index contributed by atoms with van der Waals surface area (Å²) in [6.07, 6.45) is 1.91. The monoisotopic (exact) mass is 290 g/mol. The van der Waals surface area contributed by atoms with Gasteiger partial charge in [-0.3, -0.25) is 4.79 Å². The van der Waals surface area contributed by atoms with Crippen molar-refractivity contribution in [2.75, 3.05) is 11.1 Å². The van der Waals surface area contributed by atoms with Crippen molar-refractivity contribution in [1.29, 1.82) is 0 Å². The maximum atomic E-state index is 11.3. The minimum absolute atomic E-state index is 0.195. The Hall–Kier alpha value is -2.08. The Labute approximate surface area is 122 Å². The average Bonchev–Trinajstić information content (AvgIpc) is 2.78. The third-order valence-electron chi connectivity index (χ3n) is 3.05. The zero-order valence-corrected chi connectivity index (χ0v) is 12.1. The average molecular weight is 290 g/mol. The highest BCUT2D eigenvalue weighted by molar-refractivity contribution is 7.11. The number of aryl methyl sites for hydroxylation is 1. The summed E-state index contributed by atoms with van der Waals surface area (Å²) < 4.78 is 3.97. The molecule has 6 heteroatoms. The Kier molecular flexibility index (Phi) is 4.57. The van der Waals surface area contributed by atoms with Gasteiger partial charge in [0.1, 0.15) is 10.6 Å². The molecule has 0 fully saturated rings. The third kappa shape index (κ3) is 3.48. The lowest BCUT2D eigenvalue weighted by Crippen LogP contribution is -2.19. The van der Waals surface area contributed by atoms with Gasteiger partial charge >= 0.3 is 0 Å². The number of benzene rings is 1. The maximum Gasteiger partial charge on any atom is 0.255 e. The van der Waals surface area contributed by atoms with Crippen LogP contribution in [0.3, 0.4) is 0 Å². The fourth-order valence-corrected chi connectivity index (χ4v) is 2.79. The van der Waals surface area contributed by atoms with Crippen LogP contribution in [-0.2, 0) is 6.42 Å². The Balaban J connectivity index is 1.95. The third-order valence-corrected chi connectivity index (χ3v) is 3.84. The van der Waals surface area contributed by atoms with Crippen LogP contribution in [0.4, 0.5) is 10.8 Å². The zero-order valence-electron chi connectivity index (χ0n) is 11.3. The molecule has 0 bridgehead atoms. The number of hydrogen-bond acceptors (Lipinski definition) is 5. The Morgan fingerprint density at radius 1 is 1.40 bits per heavy atom. The van der Waals surface area contributed by atoms with E-state index in [0.717, 1.165) is 12.8 Å². The molecule has 2 aromatic rings. The molecule has 1 unspecified atom stereocenters. The number of anilines is 2. The lowest BCUT2D eigenvalue weighted by molar-refractivity contribution is 0.100. The molecule has 0 saturated carbocycles. The molecule has 1 amide bonds. The van der Waals surface area contributed by atoms with Crippen LogP contribution < -0.4 is 16.8 Å². The highest BCUT2D eigenvalue weighted by Crippen LogP contribution is 2.27. The van der Waals surface area contributed by atoms with Gasteiger partial charge < -0.3 is 16.8 Å². The van der Waals surface area contributed by atoms with E-state index in [2.05, 4.69) is 28.7 Å². The van der Waals surface area contributed by atoms with Crippen molar-refractivity contribution in [3.05, 3.63) is 41.5 Å². The van der Waals surface area contributed by atoms with E-state index in [4.69, 9.17) is 11.5 Å². The number of nitrogens with one attached hydrogen (secondary N) is 1. The summed E-state index contributed by atoms with van der Waals surface area (Å²) >= 11 is 1.17. The second kappa shape index (κ2) is 6.38. The van der Waals surface area contributed by atoms with Crippen molar-refractivity contribution in [2.24, 2.45) is 5.73 Å². The molecule has 5 N–H and O–H groups in total. The normalized spacial score (nSPS) is 12.1. The number of nitrogen functional groups attached to an aromatic ring is 1. The van der Waals surface area contributed by atoms with Gasteiger partial charge in [0.15, 0.2) is 5.82 Å². The molecule has 0 aliphatic heterocycles. The number of carbonyl (C=O) groups is 1. The highest BCUT2D eigenvalue weighted by atomic mass is 32.1. The van der Waals surface area contributed by atoms with Gasteiger partial charge in [0.05, 0.1) is 0 Å². The minimum Gasteiger partial charge on any atom is -0.382 e. The SMILES string of the molecule is CC(CCc1ccccc1)Nc1snc(N)c1C(N)=O. The van der Waals surface area contributed by atoms with Crippen LogP contribution in [0, 0.1) is 0 Å². The second-order valence-electron chi connectivity index (χ2n) is 4.71. The first-order valence-corrected chi connectivity index (χ1v) is 7.20. The van der Waals surface area contributed by atoms with Gasteiger partial charge in [-0.1, -0.05) is 30.3 Å². The highest BCUT2D eigenvalue weighted by Gasteiger charge is 2.17. The molecule has 0 radical (unpaired) electrons. The standard InChI is InChI=1S/C14H18N4OS/c1-9(7-8-10-5-3-2-4-6-10)17-14-11(13(16)19)12(15)18-20-14/h2-6,9,17H,7-8H2,1H3,(H2,15,18)(H2,16,19). The lowest BCUT2D eigenvalue weighted by Gasteiger charge is -2.14. The smallest absolute Gasteiger partial charge is 0.255 e. The molecule has 0 spiro atoms. The number of aromatic nitrogens is 1. The van der Waals surface area contributed by atoms with Gasteiger partial charge in [0.25, 0.3) is 5.91 Å². The quantitative estimate of drug-likeness (QED) is 0.760. The summed E-state index contributed by atoms with van der Waals surface area (Å²) in [6, 6.07) is 10.5. The van der Waals surface area contributed by atoms with Crippen molar-refractivity contribution in [1.82, 2.24) is 4.37 Å². The predicted octanol–water partition coefficient (Wildman–Crippen LogP) is 2.26. The molecule has 106 valence electrons. The van der Waals surface area contributed by atoms with E-state index < -0.39 is 5.91 Å². The van der Waals surface area contributed by atoms with Crippen LogP contribution in [0.25, 0.3) is 0 Å². The van der Waals surface area contributed by atoms with E-state index >= 15 is 0 Å². The van der Waals surface area contributed by atoms with Crippen LogP contribution in [-0.4, -0.2) is 16.3 Å². The lowest BCUT2D eigenvalue weighted by atomic mass is 10.1. The van der Waals surface area contributed by atoms with Gasteiger partial charge in [-0.2, -0.15) is 4.37 Å². The van der Waals surface area contributed by atoms with Crippen LogP contribution in [0.15, 0.2) is 30.3 Å². The minimum atomic E-state index is -0.547. The summed E-state index contributed by atoms with van der Waals surface area (Å²) in [5, 5.41) is 3.91. The zero-order chi connectivity index (χ0) is 14.5. The van der Waals surface area contributed by atoms with E-state index in [1.807, 2.05) is 18.2 Å². The summed E-state index contributed by atoms with van der Waals surface area (Å²) in [6.45, 7) is 2.06. The van der Waals surface area contributed by atoms with Gasteiger partial charge in [-0.05, 0) is 36.9 Å². The summed E-state index contributed by atoms with van der Waals surface area (Å²) in [5.74, 6) is -0.353. The second-order valence-corrected chi connectivity index (χ2v) is 5.48. The number of nitrogens with two attached hydrogens (primary N) is 2. The molecule has 1 aromatic heterocycles. The van der Waals surface area contributed by atoms with Crippen LogP contribution in [0.2, 0.25) is 0 Å². The van der Waals surface area contributed by atoms with Gasteiger partial charge in [0, 0.05) is 6.04 Å². The molecule has 1 atom stereocenters. The maximum absolute atomic E-state index is 11.3. The topological polar surface area (TPSA) is 94.0 Å². The molecule has 20 heavy (non-hydrogen) atoms. The van der Waals surface area contributed by atoms with Gasteiger partial charge in [0.2, 0.25) is 0 Å². The molecule has 2 rings (SSSR count). The van der Waals surface area contributed by atoms with E-state index in [0.29, 0.717) is 10.6 Å². The van der Waals surface area contributed by atoms with Crippen molar-refractivity contribution < 1.29 is 4.79 Å². The van der Waals surface area contributed by atoms with Crippen molar-refractivity contribution in [3.8, 4) is 0 Å². The summed E-state index contributed by atoms with van der Waals surface area (Å²) in [7, 11) is 0. The van der Waals surface area contributed by atoms with Crippen molar-refractivity contribution >= 4 is 28.3 Å². The number of hydrogen-bond donors (Lipinski definition) is 3. The molecule has 0 aliphatic carbocycles. The predicted molar refractivity (Wildman–Crippen MR) is 82.9 cm³/mol. The first kappa shape index (κ1) is 14.3. The van der Waals surface area contributed by atoms with E-state index in [-0.39, 0.29) is 11.9 Å². The number of rotatable bonds is 6. The van der Waals surface area contributed by atoms with Crippen molar-refractivity contribution in [3.63, 3.8) is 0 Å². The summed E-state index contributed by atoms with van der Waals surface area (Å²) in [5.41, 5.74) is 12.5. The first-order valence-electron chi connectivity index (χ1n) is 6.43. The fraction of sp³-hybridized carbons (Fsp3) is 0.286. The van der Waals surface area contributed by atoms with E-state index in [9.17, 15) is 4.79 Å². The van der Waals surface area contributed by atoms with Gasteiger partial charge in [-0.25, -0.2) is 0 Å². The Morgan fingerprint density at radius 2 is 2.10 bits per heavy atom. The Bertz CT molecular complexity index is 582. The number of carbonyl (C=O) groups excluding carboxylic acids is 1. The van der Waals surface area contributed by atoms with Crippen LogP contribution in [0.1, 0.15) is 29.3 Å². The number of amides is 1. The van der Waals surface area contributed by atoms with Crippen LogP contribution in [0.5, 0.6) is 0 Å². The molecular formula is C14H18N4OS. The number of primary amides is 1. The van der Waals surface area contributed by atoms with Crippen molar-refractivity contribution in [2.45, 2.75) is 25.8 Å². The molecule has 1 heterocycles. The van der Waals surface area contributed by atoms with E-state index in [1.54, 1.807) is 0 Å². The molecule has 1 aromatic carbocycles. The molecular weight excluding hydrogens is 272 g/mol. The fourth-order valence-electron chi connectivity index (χ4n) is 1.96. The molecule has 0 aliphatic rings. The van der Waals surface area contributed by atoms with Gasteiger partial charge in [-0.15, -0.1) is 0 Å². The first-order chi connectivity index (χ1) is 9.58.